The van der Waals surface area contributed by atoms with Crippen molar-refractivity contribution < 1.29 is 4.42 Å². The van der Waals surface area contributed by atoms with Crippen molar-refractivity contribution >= 4 is 40.0 Å². The van der Waals surface area contributed by atoms with Crippen LogP contribution in [0, 0.1) is 0 Å². The first-order chi connectivity index (χ1) is 10.5. The molecule has 1 aromatic heterocycles. The number of halogens is 1. The first-order valence-electron chi connectivity index (χ1n) is 6.85. The Hall–Kier alpha value is -1.91. The van der Waals surface area contributed by atoms with Crippen LogP contribution in [-0.2, 0) is 4.87 Å². The van der Waals surface area contributed by atoms with Crippen LogP contribution in [0.3, 0.4) is 0 Å². The van der Waals surface area contributed by atoms with Crippen molar-refractivity contribution in [2.24, 2.45) is 0 Å². The molecule has 2 aromatic carbocycles. The molecule has 1 unspecified atom stereocenters. The molecule has 22 heavy (non-hydrogen) atoms. The van der Waals surface area contributed by atoms with Crippen LogP contribution in [0.4, 0.5) is 5.69 Å². The molecule has 3 aromatic rings. The fourth-order valence-corrected chi connectivity index (χ4v) is 4.21. The molecule has 0 radical (unpaired) electrons. The molecule has 5 heteroatoms. The minimum absolute atomic E-state index is 0.319. The molecule has 1 aliphatic rings. The predicted molar refractivity (Wildman–Crippen MR) is 90.8 cm³/mol. The zero-order chi connectivity index (χ0) is 15.3. The van der Waals surface area contributed by atoms with Crippen LogP contribution in [0.2, 0.25) is 5.02 Å². The Bertz CT molecular complexity index is 953. The summed E-state index contributed by atoms with van der Waals surface area (Å²) in [6.07, 6.45) is 0. The summed E-state index contributed by atoms with van der Waals surface area (Å²) in [5.41, 5.74) is 1.86. The monoisotopic (exact) mass is 329 g/mol. The van der Waals surface area contributed by atoms with Crippen molar-refractivity contribution in [3.05, 3.63) is 69.5 Å². The minimum atomic E-state index is -0.572. The van der Waals surface area contributed by atoms with Gasteiger partial charge in [-0.2, -0.15) is 0 Å². The molecule has 0 amide bonds. The number of hydrogen-bond donors (Lipinski definition) is 1. The van der Waals surface area contributed by atoms with Gasteiger partial charge in [-0.1, -0.05) is 41.6 Å². The fraction of sp³-hybridized carbons (Fsp3) is 0.118. The van der Waals surface area contributed by atoms with Gasteiger partial charge in [0.05, 0.1) is 5.56 Å². The SMILES string of the molecule is CC1(c2cc3ccccc3oc2=O)Nc2ccc(Cl)cc2S1. The van der Waals surface area contributed by atoms with Crippen molar-refractivity contribution in [2.75, 3.05) is 5.32 Å². The second-order valence-corrected chi connectivity index (χ2v) is 7.28. The van der Waals surface area contributed by atoms with Crippen LogP contribution >= 0.6 is 23.4 Å². The molecular formula is C17H12ClNO2S. The van der Waals surface area contributed by atoms with E-state index in [1.165, 1.54) is 0 Å². The summed E-state index contributed by atoms with van der Waals surface area (Å²) < 4.78 is 5.46. The van der Waals surface area contributed by atoms with Crippen molar-refractivity contribution in [1.82, 2.24) is 0 Å². The second-order valence-electron chi connectivity index (χ2n) is 5.39. The van der Waals surface area contributed by atoms with E-state index in [1.807, 2.05) is 49.4 Å². The Morgan fingerprint density at radius 3 is 2.86 bits per heavy atom. The van der Waals surface area contributed by atoms with Crippen molar-refractivity contribution in [2.45, 2.75) is 16.7 Å². The van der Waals surface area contributed by atoms with Gasteiger partial charge >= 0.3 is 5.63 Å². The smallest absolute Gasteiger partial charge is 0.342 e. The third-order valence-electron chi connectivity index (χ3n) is 3.79. The molecule has 0 saturated carbocycles. The molecule has 1 aliphatic heterocycles. The Morgan fingerprint density at radius 1 is 1.18 bits per heavy atom. The second kappa shape index (κ2) is 4.80. The van der Waals surface area contributed by atoms with Crippen LogP contribution in [-0.4, -0.2) is 0 Å². The lowest BCUT2D eigenvalue weighted by molar-refractivity contribution is 0.541. The van der Waals surface area contributed by atoms with Crippen LogP contribution in [0.5, 0.6) is 0 Å². The molecule has 1 N–H and O–H groups in total. The minimum Gasteiger partial charge on any atom is -0.422 e. The molecule has 0 fully saturated rings. The van der Waals surface area contributed by atoms with Gasteiger partial charge in [0.2, 0.25) is 0 Å². The van der Waals surface area contributed by atoms with E-state index >= 15 is 0 Å². The highest BCUT2D eigenvalue weighted by Crippen LogP contribution is 2.50. The number of hydrogen-bond acceptors (Lipinski definition) is 4. The summed E-state index contributed by atoms with van der Waals surface area (Å²) >= 11 is 7.62. The van der Waals surface area contributed by atoms with Crippen LogP contribution in [0.25, 0.3) is 11.0 Å². The van der Waals surface area contributed by atoms with E-state index < -0.39 is 4.87 Å². The highest BCUT2D eigenvalue weighted by atomic mass is 35.5. The Morgan fingerprint density at radius 2 is 2.00 bits per heavy atom. The quantitative estimate of drug-likeness (QED) is 0.649. The average Bonchev–Trinajstić information content (AvgIpc) is 2.83. The number of para-hydroxylation sites is 1. The van der Waals surface area contributed by atoms with Crippen LogP contribution < -0.4 is 10.9 Å². The van der Waals surface area contributed by atoms with Crippen molar-refractivity contribution in [1.29, 1.82) is 0 Å². The number of benzene rings is 2. The molecule has 2 heterocycles. The van der Waals surface area contributed by atoms with E-state index in [9.17, 15) is 4.79 Å². The van der Waals surface area contributed by atoms with Gasteiger partial charge in [0.1, 0.15) is 10.5 Å². The van der Waals surface area contributed by atoms with E-state index in [0.29, 0.717) is 16.2 Å². The first-order valence-corrected chi connectivity index (χ1v) is 8.05. The normalized spacial score (nSPS) is 19.9. The number of fused-ring (bicyclic) bond motifs is 2. The van der Waals surface area contributed by atoms with E-state index in [4.69, 9.17) is 16.0 Å². The zero-order valence-electron chi connectivity index (χ0n) is 11.7. The molecule has 3 nitrogen and oxygen atoms in total. The van der Waals surface area contributed by atoms with E-state index in [2.05, 4.69) is 5.32 Å². The highest BCUT2D eigenvalue weighted by Gasteiger charge is 2.38. The predicted octanol–water partition coefficient (Wildman–Crippen LogP) is 4.84. The maximum atomic E-state index is 12.4. The van der Waals surface area contributed by atoms with Gasteiger partial charge in [-0.25, -0.2) is 4.79 Å². The van der Waals surface area contributed by atoms with Gasteiger partial charge in [0.25, 0.3) is 0 Å². The number of thioether (sulfide) groups is 1. The molecule has 0 bridgehead atoms. The highest BCUT2D eigenvalue weighted by molar-refractivity contribution is 8.00. The number of rotatable bonds is 1. The summed E-state index contributed by atoms with van der Waals surface area (Å²) in [6.45, 7) is 1.98. The van der Waals surface area contributed by atoms with Gasteiger partial charge in [-0.05, 0) is 37.3 Å². The first kappa shape index (κ1) is 13.7. The van der Waals surface area contributed by atoms with E-state index in [0.717, 1.165) is 16.0 Å². The van der Waals surface area contributed by atoms with Crippen molar-refractivity contribution in [3.8, 4) is 0 Å². The molecule has 110 valence electrons. The van der Waals surface area contributed by atoms with Gasteiger partial charge < -0.3 is 9.73 Å². The third-order valence-corrected chi connectivity index (χ3v) is 5.31. The summed E-state index contributed by atoms with van der Waals surface area (Å²) in [7, 11) is 0. The Labute approximate surface area is 136 Å². The molecule has 4 rings (SSSR count). The zero-order valence-corrected chi connectivity index (χ0v) is 13.3. The van der Waals surface area contributed by atoms with E-state index in [-0.39, 0.29) is 5.63 Å². The lowest BCUT2D eigenvalue weighted by Crippen LogP contribution is -2.30. The largest absolute Gasteiger partial charge is 0.422 e. The summed E-state index contributed by atoms with van der Waals surface area (Å²) in [5.74, 6) is 0. The molecular weight excluding hydrogens is 318 g/mol. The van der Waals surface area contributed by atoms with Gasteiger partial charge in [0.15, 0.2) is 0 Å². The van der Waals surface area contributed by atoms with E-state index in [1.54, 1.807) is 17.8 Å². The van der Waals surface area contributed by atoms with Gasteiger partial charge in [-0.15, -0.1) is 0 Å². The summed E-state index contributed by atoms with van der Waals surface area (Å²) in [6, 6.07) is 15.1. The van der Waals surface area contributed by atoms with Crippen LogP contribution in [0.1, 0.15) is 12.5 Å². The van der Waals surface area contributed by atoms with Crippen LogP contribution in [0.15, 0.2) is 62.6 Å². The number of nitrogens with one attached hydrogen (secondary N) is 1. The lowest BCUT2D eigenvalue weighted by atomic mass is 10.1. The lowest BCUT2D eigenvalue weighted by Gasteiger charge is -2.23. The maximum Gasteiger partial charge on any atom is 0.342 e. The van der Waals surface area contributed by atoms with Crippen molar-refractivity contribution in [3.63, 3.8) is 0 Å². The topological polar surface area (TPSA) is 42.2 Å². The summed E-state index contributed by atoms with van der Waals surface area (Å²) in [5, 5.41) is 5.00. The number of anilines is 1. The standard InChI is InChI=1S/C17H12ClNO2S/c1-17(19-13-7-6-11(18)9-15(13)22-17)12-8-10-4-2-3-5-14(10)21-16(12)20/h2-9,19H,1H3. The third kappa shape index (κ3) is 2.11. The van der Waals surface area contributed by atoms with Gasteiger partial charge in [0, 0.05) is 21.0 Å². The molecule has 1 atom stereocenters. The molecule has 0 saturated heterocycles. The Balaban J connectivity index is 1.86. The fourth-order valence-electron chi connectivity index (χ4n) is 2.70. The maximum absolute atomic E-state index is 12.4. The molecule has 0 spiro atoms. The van der Waals surface area contributed by atoms with Gasteiger partial charge in [-0.3, -0.25) is 0 Å². The molecule has 0 aliphatic carbocycles. The summed E-state index contributed by atoms with van der Waals surface area (Å²) in [4.78, 5) is 12.9. The Kier molecular flexibility index (Phi) is 2.99. The average molecular weight is 330 g/mol.